The highest BCUT2D eigenvalue weighted by molar-refractivity contribution is 6.30. The van der Waals surface area contributed by atoms with Crippen molar-refractivity contribution in [3.63, 3.8) is 0 Å². The summed E-state index contributed by atoms with van der Waals surface area (Å²) in [6, 6.07) is 15.7. The lowest BCUT2D eigenvalue weighted by Gasteiger charge is -2.12. The van der Waals surface area contributed by atoms with Gasteiger partial charge >= 0.3 is 5.97 Å². The summed E-state index contributed by atoms with van der Waals surface area (Å²) in [6.07, 6.45) is 2.24. The van der Waals surface area contributed by atoms with E-state index >= 15 is 0 Å². The summed E-state index contributed by atoms with van der Waals surface area (Å²) in [5.41, 5.74) is 1.92. The van der Waals surface area contributed by atoms with E-state index in [2.05, 4.69) is 5.10 Å². The number of carbonyl (C=O) groups excluding carboxylic acids is 1. The van der Waals surface area contributed by atoms with E-state index in [1.54, 1.807) is 47.1 Å². The Balaban J connectivity index is 1.43. The summed E-state index contributed by atoms with van der Waals surface area (Å²) in [5, 5.41) is 5.02. The third kappa shape index (κ3) is 4.78. The molecule has 1 fully saturated rings. The van der Waals surface area contributed by atoms with Crippen molar-refractivity contribution in [2.24, 2.45) is 0 Å². The predicted molar refractivity (Wildman–Crippen MR) is 109 cm³/mol. The van der Waals surface area contributed by atoms with Gasteiger partial charge in [0.05, 0.1) is 23.0 Å². The molecule has 29 heavy (non-hydrogen) atoms. The smallest absolute Gasteiger partial charge is 0.344 e. The molecule has 0 bridgehead atoms. The lowest BCUT2D eigenvalue weighted by molar-refractivity contribution is 0.0677. The molecule has 2 heterocycles. The van der Waals surface area contributed by atoms with Crippen LogP contribution in [0.15, 0.2) is 54.6 Å². The summed E-state index contributed by atoms with van der Waals surface area (Å²) in [4.78, 5) is 12.6. The number of aryl methyl sites for hydroxylation is 1. The molecule has 0 unspecified atom stereocenters. The Labute approximate surface area is 174 Å². The number of carbonyl (C=O) groups is 1. The molecule has 1 aliphatic heterocycles. The fourth-order valence-electron chi connectivity index (χ4n) is 3.12. The second kappa shape index (κ2) is 8.68. The van der Waals surface area contributed by atoms with Gasteiger partial charge in [0.25, 0.3) is 0 Å². The van der Waals surface area contributed by atoms with Crippen molar-refractivity contribution in [2.45, 2.75) is 25.9 Å². The zero-order chi connectivity index (χ0) is 20.2. The van der Waals surface area contributed by atoms with E-state index in [1.807, 2.05) is 19.1 Å². The van der Waals surface area contributed by atoms with Crippen LogP contribution >= 0.6 is 11.6 Å². The summed E-state index contributed by atoms with van der Waals surface area (Å²) in [5.74, 6) is 0.568. The average molecular weight is 413 g/mol. The molecule has 0 saturated carbocycles. The third-order valence-corrected chi connectivity index (χ3v) is 4.87. The number of halogens is 1. The Morgan fingerprint density at radius 1 is 1.21 bits per heavy atom. The minimum Gasteiger partial charge on any atom is -0.491 e. The summed E-state index contributed by atoms with van der Waals surface area (Å²) >= 11 is 5.95. The molecule has 1 atom stereocenters. The highest BCUT2D eigenvalue weighted by atomic mass is 35.5. The number of hydrogen-bond donors (Lipinski definition) is 0. The van der Waals surface area contributed by atoms with Gasteiger partial charge < -0.3 is 14.2 Å². The zero-order valence-electron chi connectivity index (χ0n) is 16.0. The SMILES string of the molecule is Cc1cc(OC(=O)c2ccc(OC[C@@H]3CCCO3)cc2)n(-c2ccc(Cl)cc2)n1. The van der Waals surface area contributed by atoms with Gasteiger partial charge in [-0.3, -0.25) is 0 Å². The fraction of sp³-hybridized carbons (Fsp3) is 0.273. The van der Waals surface area contributed by atoms with Crippen LogP contribution < -0.4 is 9.47 Å². The van der Waals surface area contributed by atoms with Crippen LogP contribution in [0.1, 0.15) is 28.9 Å². The maximum absolute atomic E-state index is 12.6. The van der Waals surface area contributed by atoms with Gasteiger partial charge in [-0.1, -0.05) is 11.6 Å². The highest BCUT2D eigenvalue weighted by Crippen LogP contribution is 2.23. The lowest BCUT2D eigenvalue weighted by Crippen LogP contribution is -2.16. The van der Waals surface area contributed by atoms with Crippen LogP contribution in [0.25, 0.3) is 5.69 Å². The Kier molecular flexibility index (Phi) is 5.83. The van der Waals surface area contributed by atoms with E-state index in [0.29, 0.717) is 28.8 Å². The zero-order valence-corrected chi connectivity index (χ0v) is 16.8. The molecule has 0 amide bonds. The maximum atomic E-state index is 12.6. The monoisotopic (exact) mass is 412 g/mol. The molecular formula is C22H21ClN2O4. The van der Waals surface area contributed by atoms with Gasteiger partial charge in [0.1, 0.15) is 12.4 Å². The molecule has 2 aromatic carbocycles. The van der Waals surface area contributed by atoms with E-state index in [0.717, 1.165) is 30.8 Å². The molecule has 0 aliphatic carbocycles. The molecule has 3 aromatic rings. The Morgan fingerprint density at radius 2 is 1.97 bits per heavy atom. The van der Waals surface area contributed by atoms with Crippen molar-refractivity contribution in [3.05, 3.63) is 70.9 Å². The quantitative estimate of drug-likeness (QED) is 0.553. The van der Waals surface area contributed by atoms with Gasteiger partial charge in [-0.25, -0.2) is 9.48 Å². The number of aromatic nitrogens is 2. The number of nitrogens with zero attached hydrogens (tertiary/aromatic N) is 2. The van der Waals surface area contributed by atoms with Crippen molar-refractivity contribution in [3.8, 4) is 17.3 Å². The van der Waals surface area contributed by atoms with Gasteiger partial charge in [0.15, 0.2) is 0 Å². The van der Waals surface area contributed by atoms with Crippen molar-refractivity contribution in [1.29, 1.82) is 0 Å². The third-order valence-electron chi connectivity index (χ3n) is 4.62. The minimum atomic E-state index is -0.467. The lowest BCUT2D eigenvalue weighted by atomic mass is 10.2. The molecule has 150 valence electrons. The molecule has 0 N–H and O–H groups in total. The molecule has 7 heteroatoms. The van der Waals surface area contributed by atoms with E-state index in [9.17, 15) is 4.79 Å². The van der Waals surface area contributed by atoms with Crippen LogP contribution in [0.4, 0.5) is 0 Å². The predicted octanol–water partition coefficient (Wildman–Crippen LogP) is 4.61. The van der Waals surface area contributed by atoms with Crippen LogP contribution in [0.3, 0.4) is 0 Å². The first-order chi connectivity index (χ1) is 14.1. The van der Waals surface area contributed by atoms with Gasteiger partial charge in [0.2, 0.25) is 5.88 Å². The maximum Gasteiger partial charge on any atom is 0.344 e. The van der Waals surface area contributed by atoms with E-state index in [-0.39, 0.29) is 6.10 Å². The topological polar surface area (TPSA) is 62.6 Å². The Bertz CT molecular complexity index is 977. The molecule has 1 saturated heterocycles. The first kappa shape index (κ1) is 19.5. The van der Waals surface area contributed by atoms with Crippen LogP contribution in [0.2, 0.25) is 5.02 Å². The van der Waals surface area contributed by atoms with E-state index in [1.165, 1.54) is 0 Å². The standard InChI is InChI=1S/C22H21ClN2O4/c1-15-13-21(25(24-15)18-8-6-17(23)7-9-18)29-22(26)16-4-10-19(11-5-16)28-14-20-3-2-12-27-20/h4-11,13,20H,2-3,12,14H2,1H3/t20-/m0/s1. The Morgan fingerprint density at radius 3 is 2.66 bits per heavy atom. The molecule has 0 radical (unpaired) electrons. The van der Waals surface area contributed by atoms with Crippen LogP contribution in [0, 0.1) is 6.92 Å². The van der Waals surface area contributed by atoms with E-state index in [4.69, 9.17) is 25.8 Å². The Hall–Kier alpha value is -2.83. The molecule has 1 aliphatic rings. The van der Waals surface area contributed by atoms with Gasteiger partial charge in [0, 0.05) is 17.7 Å². The van der Waals surface area contributed by atoms with Crippen molar-refractivity contribution >= 4 is 17.6 Å². The normalized spacial score (nSPS) is 16.0. The van der Waals surface area contributed by atoms with Crippen molar-refractivity contribution in [2.75, 3.05) is 13.2 Å². The van der Waals surface area contributed by atoms with Crippen LogP contribution in [-0.2, 0) is 4.74 Å². The first-order valence-corrected chi connectivity index (χ1v) is 9.85. The second-order valence-electron chi connectivity index (χ2n) is 6.87. The molecule has 4 rings (SSSR count). The van der Waals surface area contributed by atoms with Gasteiger partial charge in [-0.2, -0.15) is 5.10 Å². The van der Waals surface area contributed by atoms with Gasteiger partial charge in [-0.05, 0) is 68.3 Å². The second-order valence-corrected chi connectivity index (χ2v) is 7.31. The summed E-state index contributed by atoms with van der Waals surface area (Å²) < 4.78 is 18.4. The summed E-state index contributed by atoms with van der Waals surface area (Å²) in [7, 11) is 0. The van der Waals surface area contributed by atoms with Crippen LogP contribution in [0.5, 0.6) is 11.6 Å². The van der Waals surface area contributed by atoms with Crippen LogP contribution in [-0.4, -0.2) is 35.1 Å². The number of benzene rings is 2. The number of hydrogen-bond acceptors (Lipinski definition) is 5. The largest absolute Gasteiger partial charge is 0.491 e. The molecular weight excluding hydrogens is 392 g/mol. The highest BCUT2D eigenvalue weighted by Gasteiger charge is 2.17. The van der Waals surface area contributed by atoms with Gasteiger partial charge in [-0.15, -0.1) is 0 Å². The number of ether oxygens (including phenoxy) is 3. The average Bonchev–Trinajstić information content (AvgIpc) is 3.37. The molecule has 1 aromatic heterocycles. The first-order valence-electron chi connectivity index (χ1n) is 9.48. The summed E-state index contributed by atoms with van der Waals surface area (Å²) in [6.45, 7) is 3.15. The van der Waals surface area contributed by atoms with Crippen molar-refractivity contribution in [1.82, 2.24) is 9.78 Å². The van der Waals surface area contributed by atoms with Crippen molar-refractivity contribution < 1.29 is 19.0 Å². The minimum absolute atomic E-state index is 0.149. The fourth-order valence-corrected chi connectivity index (χ4v) is 3.25. The molecule has 0 spiro atoms. The number of esters is 1. The van der Waals surface area contributed by atoms with E-state index < -0.39 is 5.97 Å². The molecule has 6 nitrogen and oxygen atoms in total. The number of rotatable bonds is 6.